The van der Waals surface area contributed by atoms with Crippen LogP contribution in [-0.2, 0) is 14.3 Å². The van der Waals surface area contributed by atoms with Gasteiger partial charge in [-0.1, -0.05) is 32.6 Å². The Bertz CT molecular complexity index is 652. The summed E-state index contributed by atoms with van der Waals surface area (Å²) in [5.41, 5.74) is -0.283. The molecular formula is C22H32O5. The van der Waals surface area contributed by atoms with E-state index in [0.29, 0.717) is 29.7 Å². The van der Waals surface area contributed by atoms with Crippen LogP contribution in [0.4, 0.5) is 0 Å². The molecule has 0 spiro atoms. The molecule has 1 aliphatic heterocycles. The monoisotopic (exact) mass is 376 g/mol. The molecule has 0 saturated carbocycles. The van der Waals surface area contributed by atoms with Crippen molar-refractivity contribution in [2.24, 2.45) is 5.92 Å². The van der Waals surface area contributed by atoms with Gasteiger partial charge in [0, 0.05) is 30.8 Å². The van der Waals surface area contributed by atoms with Crippen molar-refractivity contribution in [2.45, 2.75) is 83.8 Å². The fourth-order valence-electron chi connectivity index (χ4n) is 3.63. The van der Waals surface area contributed by atoms with Crippen molar-refractivity contribution in [2.75, 3.05) is 0 Å². The zero-order chi connectivity index (χ0) is 20.0. The largest absolute Gasteiger partial charge is 0.469 e. The van der Waals surface area contributed by atoms with Crippen LogP contribution in [0, 0.1) is 5.92 Å². The molecule has 0 bridgehead atoms. The lowest BCUT2D eigenvalue weighted by molar-refractivity contribution is -0.137. The maximum Gasteiger partial charge on any atom is 0.188 e. The highest BCUT2D eigenvalue weighted by molar-refractivity contribution is 6.01. The second-order valence-electron chi connectivity index (χ2n) is 7.93. The van der Waals surface area contributed by atoms with Gasteiger partial charge < -0.3 is 14.9 Å². The van der Waals surface area contributed by atoms with Gasteiger partial charge in [-0.3, -0.25) is 9.59 Å². The number of ether oxygens (including phenoxy) is 1. The van der Waals surface area contributed by atoms with Crippen LogP contribution in [0.25, 0.3) is 0 Å². The minimum absolute atomic E-state index is 0.0606. The van der Waals surface area contributed by atoms with E-state index in [1.165, 1.54) is 25.7 Å². The molecule has 0 amide bonds. The Kier molecular flexibility index (Phi) is 7.57. The van der Waals surface area contributed by atoms with Crippen molar-refractivity contribution < 1.29 is 24.5 Å². The highest BCUT2D eigenvalue weighted by Gasteiger charge is 2.45. The molecule has 1 unspecified atom stereocenters. The first-order valence-corrected chi connectivity index (χ1v) is 10.0. The van der Waals surface area contributed by atoms with Crippen molar-refractivity contribution in [3.05, 3.63) is 35.3 Å². The van der Waals surface area contributed by atoms with Crippen molar-refractivity contribution in [3.8, 4) is 0 Å². The predicted octanol–water partition coefficient (Wildman–Crippen LogP) is 3.75. The van der Waals surface area contributed by atoms with E-state index in [1.54, 1.807) is 13.0 Å². The van der Waals surface area contributed by atoms with E-state index >= 15 is 0 Å². The molecule has 2 rings (SSSR count). The summed E-state index contributed by atoms with van der Waals surface area (Å²) < 4.78 is 5.59. The average molecular weight is 376 g/mol. The number of allylic oxidation sites excluding steroid dienone is 2. The topological polar surface area (TPSA) is 83.8 Å². The quantitative estimate of drug-likeness (QED) is 0.567. The second kappa shape index (κ2) is 9.47. The minimum Gasteiger partial charge on any atom is -0.469 e. The summed E-state index contributed by atoms with van der Waals surface area (Å²) in [6.07, 6.45) is 10.4. The van der Waals surface area contributed by atoms with E-state index in [2.05, 4.69) is 6.92 Å². The molecule has 0 aromatic heterocycles. The summed E-state index contributed by atoms with van der Waals surface area (Å²) >= 11 is 0. The number of rotatable bonds is 10. The second-order valence-corrected chi connectivity index (χ2v) is 7.93. The molecule has 2 N–H and O–H groups in total. The molecule has 2 aliphatic rings. The molecule has 0 aromatic rings. The number of ketones is 2. The highest BCUT2D eigenvalue weighted by atomic mass is 16.5. The fraction of sp³-hybridized carbons (Fsp3) is 0.636. The van der Waals surface area contributed by atoms with Gasteiger partial charge in [0.2, 0.25) is 0 Å². The van der Waals surface area contributed by atoms with Gasteiger partial charge in [0.1, 0.15) is 17.1 Å². The zero-order valence-corrected chi connectivity index (χ0v) is 16.7. The Balaban J connectivity index is 2.07. The van der Waals surface area contributed by atoms with Crippen molar-refractivity contribution in [1.82, 2.24) is 0 Å². The van der Waals surface area contributed by atoms with Gasteiger partial charge >= 0.3 is 0 Å². The van der Waals surface area contributed by atoms with Gasteiger partial charge in [-0.25, -0.2) is 0 Å². The van der Waals surface area contributed by atoms with Gasteiger partial charge in [-0.05, 0) is 38.0 Å². The summed E-state index contributed by atoms with van der Waals surface area (Å²) in [4.78, 5) is 24.9. The van der Waals surface area contributed by atoms with Crippen LogP contribution < -0.4 is 0 Å². The molecule has 5 heteroatoms. The number of unbranched alkanes of at least 4 members (excludes halogenated alkanes) is 4. The van der Waals surface area contributed by atoms with Crippen LogP contribution in [0.5, 0.6) is 0 Å². The van der Waals surface area contributed by atoms with E-state index in [1.807, 2.05) is 0 Å². The number of aliphatic hydroxyl groups excluding tert-OH is 1. The number of fused-ring (bicyclic) bond motifs is 1. The fourth-order valence-corrected chi connectivity index (χ4v) is 3.63. The highest BCUT2D eigenvalue weighted by Crippen LogP contribution is 2.41. The third kappa shape index (κ3) is 5.63. The van der Waals surface area contributed by atoms with Gasteiger partial charge in [0.05, 0.1) is 12.4 Å². The molecule has 0 radical (unpaired) electrons. The van der Waals surface area contributed by atoms with E-state index < -0.39 is 23.4 Å². The molecule has 1 aliphatic carbocycles. The van der Waals surface area contributed by atoms with Crippen LogP contribution in [0.1, 0.15) is 72.1 Å². The number of hydrogen-bond donors (Lipinski definition) is 2. The minimum atomic E-state index is -1.62. The third-order valence-electron chi connectivity index (χ3n) is 5.31. The van der Waals surface area contributed by atoms with Gasteiger partial charge in [-0.2, -0.15) is 0 Å². The van der Waals surface area contributed by atoms with Crippen molar-refractivity contribution >= 4 is 11.6 Å². The van der Waals surface area contributed by atoms with E-state index in [-0.39, 0.29) is 12.2 Å². The lowest BCUT2D eigenvalue weighted by atomic mass is 9.70. The average Bonchev–Trinajstić information content (AvgIpc) is 2.58. The Morgan fingerprint density at radius 2 is 1.96 bits per heavy atom. The summed E-state index contributed by atoms with van der Waals surface area (Å²) in [7, 11) is 0. The van der Waals surface area contributed by atoms with Crippen molar-refractivity contribution in [3.63, 3.8) is 0 Å². The van der Waals surface area contributed by atoms with E-state index in [9.17, 15) is 19.8 Å². The van der Waals surface area contributed by atoms with Crippen LogP contribution in [-0.4, -0.2) is 33.5 Å². The first-order valence-electron chi connectivity index (χ1n) is 10.0. The van der Waals surface area contributed by atoms with Crippen LogP contribution >= 0.6 is 0 Å². The standard InChI is InChI=1S/C22H32O5/c1-4-5-6-7-8-9-17(24)13-20-19-14-27-18(10-15(2)23)11-16(19)12-21(25)22(20,3)26/h11-12,14-15,20,23,26H,4-10,13H2,1-3H3/t15?,20-,22-/m0/s1. The Morgan fingerprint density at radius 1 is 1.26 bits per heavy atom. The van der Waals surface area contributed by atoms with Gasteiger partial charge in [0.25, 0.3) is 0 Å². The normalized spacial score (nSPS) is 25.7. The van der Waals surface area contributed by atoms with Crippen LogP contribution in [0.15, 0.2) is 35.3 Å². The Labute approximate surface area is 161 Å². The maximum atomic E-state index is 12.5. The number of carbonyl (C=O) groups excluding carboxylic acids is 2. The molecule has 1 heterocycles. The summed E-state index contributed by atoms with van der Waals surface area (Å²) in [5.74, 6) is -0.386. The SMILES string of the molecule is CCCCCCCC(=O)C[C@H]1C2=COC(CC(C)O)=CC2=CC(=O)[C@@]1(C)O. The van der Waals surface area contributed by atoms with Crippen LogP contribution in [0.2, 0.25) is 0 Å². The molecule has 27 heavy (non-hydrogen) atoms. The maximum absolute atomic E-state index is 12.5. The Hall–Kier alpha value is -1.72. The van der Waals surface area contributed by atoms with E-state index in [4.69, 9.17) is 4.74 Å². The molecule has 0 aromatic carbocycles. The van der Waals surface area contributed by atoms with Crippen LogP contribution in [0.3, 0.4) is 0 Å². The lowest BCUT2D eigenvalue weighted by Crippen LogP contribution is -2.47. The number of Topliss-reactive ketones (excluding diaryl/α,β-unsaturated/α-hetero) is 1. The summed E-state index contributed by atoms with van der Waals surface area (Å²) in [6, 6.07) is 0. The van der Waals surface area contributed by atoms with Gasteiger partial charge in [-0.15, -0.1) is 0 Å². The Morgan fingerprint density at radius 3 is 2.63 bits per heavy atom. The molecule has 0 saturated heterocycles. The summed E-state index contributed by atoms with van der Waals surface area (Å²) in [6.45, 7) is 5.29. The van der Waals surface area contributed by atoms with E-state index in [0.717, 1.165) is 25.7 Å². The number of aliphatic hydroxyl groups is 2. The first-order chi connectivity index (χ1) is 12.8. The number of carbonyl (C=O) groups is 2. The molecular weight excluding hydrogens is 344 g/mol. The third-order valence-corrected chi connectivity index (χ3v) is 5.31. The smallest absolute Gasteiger partial charge is 0.188 e. The predicted molar refractivity (Wildman–Crippen MR) is 104 cm³/mol. The first kappa shape index (κ1) is 21.6. The summed E-state index contributed by atoms with van der Waals surface area (Å²) in [5, 5.41) is 20.3. The zero-order valence-electron chi connectivity index (χ0n) is 16.7. The lowest BCUT2D eigenvalue weighted by Gasteiger charge is -2.37. The molecule has 3 atom stereocenters. The van der Waals surface area contributed by atoms with Crippen molar-refractivity contribution in [1.29, 1.82) is 0 Å². The molecule has 0 fully saturated rings. The van der Waals surface area contributed by atoms with Gasteiger partial charge in [0.15, 0.2) is 5.78 Å². The molecule has 150 valence electrons. The number of hydrogen-bond acceptors (Lipinski definition) is 5. The molecule has 5 nitrogen and oxygen atoms in total.